The van der Waals surface area contributed by atoms with E-state index >= 15 is 0 Å². The molecule has 2 aromatic carbocycles. The maximum atomic E-state index is 12.0. The van der Waals surface area contributed by atoms with Crippen molar-refractivity contribution >= 4 is 5.97 Å². The highest BCUT2D eigenvalue weighted by atomic mass is 16.5. The zero-order chi connectivity index (χ0) is 20.9. The Morgan fingerprint density at radius 1 is 1.04 bits per heavy atom. The zero-order valence-electron chi connectivity index (χ0n) is 18.1. The normalized spacial score (nSPS) is 14.9. The first kappa shape index (κ1) is 23.7. The first-order valence-electron chi connectivity index (χ1n) is 10.2. The summed E-state index contributed by atoms with van der Waals surface area (Å²) in [7, 11) is 1.38. The van der Waals surface area contributed by atoms with Gasteiger partial charge in [-0.3, -0.25) is 0 Å². The first-order valence-corrected chi connectivity index (χ1v) is 10.2. The molecule has 0 amide bonds. The van der Waals surface area contributed by atoms with Gasteiger partial charge in [0, 0.05) is 6.61 Å². The van der Waals surface area contributed by atoms with Crippen LogP contribution in [0.1, 0.15) is 56.5 Å². The minimum atomic E-state index is -0.370. The minimum Gasteiger partial charge on any atom is -0.491 e. The molecule has 1 aliphatic heterocycles. The second-order valence-corrected chi connectivity index (χ2v) is 6.05. The van der Waals surface area contributed by atoms with Crippen LogP contribution in [-0.4, -0.2) is 32.4 Å². The zero-order valence-corrected chi connectivity index (χ0v) is 18.1. The Balaban J connectivity index is 0.000000921. The molecule has 1 heterocycles. The molecule has 1 unspecified atom stereocenters. The Morgan fingerprint density at radius 2 is 1.71 bits per heavy atom. The Labute approximate surface area is 169 Å². The van der Waals surface area contributed by atoms with E-state index in [0.29, 0.717) is 17.9 Å². The SMILES string of the molecule is CC.CC.COC(=O)c1cc(OCC2CCCO2)cc(-c2ccc(C)cc2)c1. The van der Waals surface area contributed by atoms with Crippen molar-refractivity contribution in [2.45, 2.75) is 53.6 Å². The van der Waals surface area contributed by atoms with Crippen LogP contribution in [0, 0.1) is 6.92 Å². The number of carbonyl (C=O) groups excluding carboxylic acids is 1. The topological polar surface area (TPSA) is 44.8 Å². The van der Waals surface area contributed by atoms with Crippen molar-refractivity contribution in [1.82, 2.24) is 0 Å². The fourth-order valence-corrected chi connectivity index (χ4v) is 2.80. The third-order valence-corrected chi connectivity index (χ3v) is 4.17. The van der Waals surface area contributed by atoms with Crippen molar-refractivity contribution in [2.24, 2.45) is 0 Å². The van der Waals surface area contributed by atoms with Gasteiger partial charge in [0.25, 0.3) is 0 Å². The second kappa shape index (κ2) is 12.9. The molecule has 0 spiro atoms. The predicted octanol–water partition coefficient (Wildman–Crippen LogP) is 6.06. The average molecular weight is 387 g/mol. The molecular formula is C24H34O4. The van der Waals surface area contributed by atoms with E-state index < -0.39 is 0 Å². The van der Waals surface area contributed by atoms with Gasteiger partial charge >= 0.3 is 5.97 Å². The van der Waals surface area contributed by atoms with Crippen LogP contribution >= 0.6 is 0 Å². The molecule has 1 atom stereocenters. The predicted molar refractivity (Wildman–Crippen MR) is 115 cm³/mol. The molecule has 0 N–H and O–H groups in total. The van der Waals surface area contributed by atoms with Crippen molar-refractivity contribution < 1.29 is 19.0 Å². The monoisotopic (exact) mass is 386 g/mol. The average Bonchev–Trinajstić information content (AvgIpc) is 3.28. The molecule has 154 valence electrons. The lowest BCUT2D eigenvalue weighted by molar-refractivity contribution is 0.0598. The molecule has 4 nitrogen and oxygen atoms in total. The van der Waals surface area contributed by atoms with Crippen LogP contribution in [0.3, 0.4) is 0 Å². The van der Waals surface area contributed by atoms with Crippen LogP contribution in [-0.2, 0) is 9.47 Å². The van der Waals surface area contributed by atoms with E-state index in [1.165, 1.54) is 12.7 Å². The van der Waals surface area contributed by atoms with E-state index in [1.54, 1.807) is 6.07 Å². The van der Waals surface area contributed by atoms with Crippen molar-refractivity contribution in [3.8, 4) is 16.9 Å². The maximum absolute atomic E-state index is 12.0. The van der Waals surface area contributed by atoms with Gasteiger partial charge in [0.15, 0.2) is 0 Å². The molecule has 1 aliphatic rings. The summed E-state index contributed by atoms with van der Waals surface area (Å²) < 4.78 is 16.3. The van der Waals surface area contributed by atoms with Gasteiger partial charge in [0.1, 0.15) is 12.4 Å². The molecule has 4 heteroatoms. The molecule has 1 saturated heterocycles. The van der Waals surface area contributed by atoms with E-state index in [0.717, 1.165) is 30.6 Å². The number of ether oxygens (including phenoxy) is 3. The molecule has 0 aromatic heterocycles. The third kappa shape index (κ3) is 7.01. The summed E-state index contributed by atoms with van der Waals surface area (Å²) in [6.45, 7) is 11.3. The van der Waals surface area contributed by atoms with Gasteiger partial charge in [0.05, 0.1) is 18.8 Å². The molecule has 0 aliphatic carbocycles. The number of hydrogen-bond donors (Lipinski definition) is 0. The molecule has 28 heavy (non-hydrogen) atoms. The highest BCUT2D eigenvalue weighted by Gasteiger charge is 2.17. The van der Waals surface area contributed by atoms with Crippen LogP contribution in [0.25, 0.3) is 11.1 Å². The van der Waals surface area contributed by atoms with E-state index in [9.17, 15) is 4.79 Å². The summed E-state index contributed by atoms with van der Waals surface area (Å²) in [6, 6.07) is 13.7. The smallest absolute Gasteiger partial charge is 0.338 e. The second-order valence-electron chi connectivity index (χ2n) is 6.05. The van der Waals surface area contributed by atoms with Crippen LogP contribution < -0.4 is 4.74 Å². The number of methoxy groups -OCH3 is 1. The lowest BCUT2D eigenvalue weighted by Crippen LogP contribution is -2.16. The Kier molecular flexibility index (Phi) is 11.0. The number of rotatable bonds is 5. The number of aryl methyl sites for hydroxylation is 1. The fraction of sp³-hybridized carbons (Fsp3) is 0.458. The van der Waals surface area contributed by atoms with Crippen molar-refractivity contribution in [3.63, 3.8) is 0 Å². The summed E-state index contributed by atoms with van der Waals surface area (Å²) in [4.78, 5) is 12.0. The molecule has 0 saturated carbocycles. The summed E-state index contributed by atoms with van der Waals surface area (Å²) >= 11 is 0. The summed E-state index contributed by atoms with van der Waals surface area (Å²) in [6.07, 6.45) is 2.22. The van der Waals surface area contributed by atoms with Gasteiger partial charge in [-0.2, -0.15) is 0 Å². The number of carbonyl (C=O) groups is 1. The van der Waals surface area contributed by atoms with Crippen molar-refractivity contribution in [3.05, 3.63) is 53.6 Å². The fourth-order valence-electron chi connectivity index (χ4n) is 2.80. The molecular weight excluding hydrogens is 352 g/mol. The van der Waals surface area contributed by atoms with E-state index in [1.807, 2.05) is 71.0 Å². The highest BCUT2D eigenvalue weighted by Crippen LogP contribution is 2.27. The van der Waals surface area contributed by atoms with Gasteiger partial charge in [-0.15, -0.1) is 0 Å². The summed E-state index contributed by atoms with van der Waals surface area (Å²) in [5.74, 6) is 0.287. The number of benzene rings is 2. The van der Waals surface area contributed by atoms with Crippen molar-refractivity contribution in [2.75, 3.05) is 20.3 Å². The van der Waals surface area contributed by atoms with Crippen LogP contribution in [0.15, 0.2) is 42.5 Å². The highest BCUT2D eigenvalue weighted by molar-refractivity contribution is 5.91. The van der Waals surface area contributed by atoms with Crippen LogP contribution in [0.2, 0.25) is 0 Å². The summed E-state index contributed by atoms with van der Waals surface area (Å²) in [5.41, 5.74) is 3.64. The van der Waals surface area contributed by atoms with Gasteiger partial charge in [-0.25, -0.2) is 4.79 Å². The quantitative estimate of drug-likeness (QED) is 0.586. The lowest BCUT2D eigenvalue weighted by Gasteiger charge is -2.14. The van der Waals surface area contributed by atoms with Gasteiger partial charge in [0.2, 0.25) is 0 Å². The lowest BCUT2D eigenvalue weighted by atomic mass is 10.0. The first-order chi connectivity index (χ1) is 13.7. The van der Waals surface area contributed by atoms with Gasteiger partial charge in [-0.1, -0.05) is 57.5 Å². The standard InChI is InChI=1S/C20H22O4.2C2H6/c1-14-5-7-15(8-6-14)16-10-17(20(21)22-2)12-19(11-16)24-13-18-4-3-9-23-18;2*1-2/h5-8,10-12,18H,3-4,9,13H2,1-2H3;2*1-2H3. The Morgan fingerprint density at radius 3 is 2.29 bits per heavy atom. The third-order valence-electron chi connectivity index (χ3n) is 4.17. The van der Waals surface area contributed by atoms with E-state index in [4.69, 9.17) is 14.2 Å². The molecule has 3 rings (SSSR count). The van der Waals surface area contributed by atoms with E-state index in [-0.39, 0.29) is 12.1 Å². The number of hydrogen-bond acceptors (Lipinski definition) is 4. The number of esters is 1. The van der Waals surface area contributed by atoms with Crippen LogP contribution in [0.5, 0.6) is 5.75 Å². The largest absolute Gasteiger partial charge is 0.491 e. The maximum Gasteiger partial charge on any atom is 0.338 e. The molecule has 0 radical (unpaired) electrons. The summed E-state index contributed by atoms with van der Waals surface area (Å²) in [5, 5.41) is 0. The van der Waals surface area contributed by atoms with Crippen molar-refractivity contribution in [1.29, 1.82) is 0 Å². The van der Waals surface area contributed by atoms with Gasteiger partial charge in [-0.05, 0) is 49.1 Å². The Hall–Kier alpha value is -2.33. The molecule has 0 bridgehead atoms. The molecule has 1 fully saturated rings. The Bertz CT molecular complexity index is 701. The minimum absolute atomic E-state index is 0.134. The van der Waals surface area contributed by atoms with E-state index in [2.05, 4.69) is 0 Å². The van der Waals surface area contributed by atoms with Crippen LogP contribution in [0.4, 0.5) is 0 Å². The van der Waals surface area contributed by atoms with Gasteiger partial charge < -0.3 is 14.2 Å². The molecule has 2 aromatic rings.